The smallest absolute Gasteiger partial charge is 0.247 e. The number of benzene rings is 1. The van der Waals surface area contributed by atoms with E-state index in [1.54, 1.807) is 31.3 Å². The molecular weight excluding hydrogens is 380 g/mol. The first kappa shape index (κ1) is 22.5. The van der Waals surface area contributed by atoms with Gasteiger partial charge in [0.15, 0.2) is 0 Å². The summed E-state index contributed by atoms with van der Waals surface area (Å²) in [6.07, 6.45) is 6.04. The van der Waals surface area contributed by atoms with Crippen LogP contribution in [0.3, 0.4) is 0 Å². The van der Waals surface area contributed by atoms with Gasteiger partial charge in [0.05, 0.1) is 7.11 Å². The minimum absolute atomic E-state index is 0.159. The largest absolute Gasteiger partial charge is 0.497 e. The van der Waals surface area contributed by atoms with E-state index < -0.39 is 6.04 Å². The van der Waals surface area contributed by atoms with Crippen LogP contribution in [-0.2, 0) is 14.3 Å². The number of amides is 2. The van der Waals surface area contributed by atoms with Crippen molar-refractivity contribution in [1.82, 2.24) is 10.2 Å². The minimum Gasteiger partial charge on any atom is -0.497 e. The zero-order valence-electron chi connectivity index (χ0n) is 16.8. The van der Waals surface area contributed by atoms with Gasteiger partial charge in [0, 0.05) is 26.3 Å². The highest BCUT2D eigenvalue weighted by Crippen LogP contribution is 2.26. The molecule has 1 N–H and O–H groups in total. The molecule has 1 aromatic rings. The van der Waals surface area contributed by atoms with Crippen LogP contribution >= 0.6 is 11.6 Å². The summed E-state index contributed by atoms with van der Waals surface area (Å²) in [5.41, 5.74) is 0.741. The molecule has 0 spiro atoms. The highest BCUT2D eigenvalue weighted by atomic mass is 35.5. The summed E-state index contributed by atoms with van der Waals surface area (Å²) in [5, 5.41) is 3.16. The quantitative estimate of drug-likeness (QED) is 0.474. The molecule has 0 aliphatic heterocycles. The van der Waals surface area contributed by atoms with E-state index in [1.807, 2.05) is 12.1 Å². The van der Waals surface area contributed by atoms with E-state index in [-0.39, 0.29) is 23.7 Å². The first-order valence-corrected chi connectivity index (χ1v) is 10.4. The predicted octanol–water partition coefficient (Wildman–Crippen LogP) is 3.29. The molecule has 0 saturated heterocycles. The topological polar surface area (TPSA) is 67.9 Å². The molecule has 0 radical (unpaired) electrons. The summed E-state index contributed by atoms with van der Waals surface area (Å²) < 4.78 is 10.3. The zero-order chi connectivity index (χ0) is 20.4. The number of methoxy groups -OCH3 is 2. The second-order valence-electron chi connectivity index (χ2n) is 7.09. The van der Waals surface area contributed by atoms with Gasteiger partial charge in [0.1, 0.15) is 17.7 Å². The molecule has 0 bridgehead atoms. The molecule has 0 aromatic heterocycles. The van der Waals surface area contributed by atoms with Crippen LogP contribution in [0.4, 0.5) is 0 Å². The Morgan fingerprint density at radius 3 is 2.43 bits per heavy atom. The van der Waals surface area contributed by atoms with Gasteiger partial charge in [-0.1, -0.05) is 31.4 Å². The van der Waals surface area contributed by atoms with Crippen LogP contribution in [0.2, 0.25) is 0 Å². The third kappa shape index (κ3) is 6.38. The van der Waals surface area contributed by atoms with Crippen molar-refractivity contribution in [2.24, 2.45) is 0 Å². The summed E-state index contributed by atoms with van der Waals surface area (Å²) in [4.78, 5) is 27.4. The second kappa shape index (κ2) is 11.9. The van der Waals surface area contributed by atoms with Crippen LogP contribution in [0, 0.1) is 0 Å². The van der Waals surface area contributed by atoms with Crippen molar-refractivity contribution in [3.63, 3.8) is 0 Å². The van der Waals surface area contributed by atoms with Crippen LogP contribution in [0.25, 0.3) is 0 Å². The van der Waals surface area contributed by atoms with E-state index in [0.29, 0.717) is 25.3 Å². The lowest BCUT2D eigenvalue weighted by atomic mass is 9.94. The van der Waals surface area contributed by atoms with E-state index in [1.165, 1.54) is 6.42 Å². The molecule has 6 nitrogen and oxygen atoms in total. The fourth-order valence-corrected chi connectivity index (χ4v) is 3.79. The SMILES string of the molecule is COCCCN(C(=O)CCl)[C@@H](C(=O)NC1CCCCC1)c1ccc(OC)cc1. The first-order chi connectivity index (χ1) is 13.6. The van der Waals surface area contributed by atoms with Gasteiger partial charge < -0.3 is 19.7 Å². The van der Waals surface area contributed by atoms with Crippen LogP contribution in [-0.4, -0.2) is 56.0 Å². The Morgan fingerprint density at radius 1 is 1.18 bits per heavy atom. The third-order valence-corrected chi connectivity index (χ3v) is 5.35. The highest BCUT2D eigenvalue weighted by molar-refractivity contribution is 6.27. The van der Waals surface area contributed by atoms with Gasteiger partial charge in [-0.3, -0.25) is 9.59 Å². The summed E-state index contributed by atoms with van der Waals surface area (Å²) >= 11 is 5.86. The van der Waals surface area contributed by atoms with E-state index >= 15 is 0 Å². The monoisotopic (exact) mass is 410 g/mol. The van der Waals surface area contributed by atoms with Crippen molar-refractivity contribution in [3.05, 3.63) is 29.8 Å². The van der Waals surface area contributed by atoms with Gasteiger partial charge in [-0.2, -0.15) is 0 Å². The van der Waals surface area contributed by atoms with E-state index in [2.05, 4.69) is 5.32 Å². The molecule has 1 aliphatic rings. The molecule has 28 heavy (non-hydrogen) atoms. The average molecular weight is 411 g/mol. The fraction of sp³-hybridized carbons (Fsp3) is 0.619. The molecule has 1 fully saturated rings. The Balaban J connectivity index is 2.27. The fourth-order valence-electron chi connectivity index (χ4n) is 3.64. The molecule has 1 saturated carbocycles. The molecule has 2 amide bonds. The number of halogens is 1. The number of alkyl halides is 1. The number of carbonyl (C=O) groups is 2. The molecule has 1 atom stereocenters. The van der Waals surface area contributed by atoms with Gasteiger partial charge in [-0.25, -0.2) is 0 Å². The number of hydrogen-bond acceptors (Lipinski definition) is 4. The predicted molar refractivity (Wildman–Crippen MR) is 110 cm³/mol. The highest BCUT2D eigenvalue weighted by Gasteiger charge is 2.32. The lowest BCUT2D eigenvalue weighted by molar-refractivity contribution is -0.139. The number of ether oxygens (including phenoxy) is 2. The van der Waals surface area contributed by atoms with Gasteiger partial charge in [0.25, 0.3) is 0 Å². The minimum atomic E-state index is -0.726. The number of rotatable bonds is 10. The molecule has 0 unspecified atom stereocenters. The van der Waals surface area contributed by atoms with Crippen LogP contribution in [0.5, 0.6) is 5.75 Å². The normalized spacial score (nSPS) is 15.7. The Bertz CT molecular complexity index is 617. The molecule has 156 valence electrons. The summed E-state index contributed by atoms with van der Waals surface area (Å²) in [5.74, 6) is 0.103. The molecular formula is C21H31ClN2O4. The lowest BCUT2D eigenvalue weighted by Gasteiger charge is -2.33. The summed E-state index contributed by atoms with van der Waals surface area (Å²) in [7, 11) is 3.21. The average Bonchev–Trinajstić information content (AvgIpc) is 2.73. The Kier molecular flexibility index (Phi) is 9.58. The van der Waals surface area contributed by atoms with Crippen LogP contribution in [0.15, 0.2) is 24.3 Å². The third-order valence-electron chi connectivity index (χ3n) is 5.13. The Morgan fingerprint density at radius 2 is 1.86 bits per heavy atom. The van der Waals surface area contributed by atoms with Crippen molar-refractivity contribution in [3.8, 4) is 5.75 Å². The number of hydrogen-bond donors (Lipinski definition) is 1. The van der Waals surface area contributed by atoms with E-state index in [0.717, 1.165) is 31.2 Å². The summed E-state index contributed by atoms with van der Waals surface area (Å²) in [6, 6.07) is 6.69. The van der Waals surface area contributed by atoms with Gasteiger partial charge >= 0.3 is 0 Å². The van der Waals surface area contributed by atoms with E-state index in [4.69, 9.17) is 21.1 Å². The Hall–Kier alpha value is -1.79. The second-order valence-corrected chi connectivity index (χ2v) is 7.35. The van der Waals surface area contributed by atoms with E-state index in [9.17, 15) is 9.59 Å². The molecule has 2 rings (SSSR count). The number of nitrogens with one attached hydrogen (secondary N) is 1. The van der Waals surface area contributed by atoms with Crippen LogP contribution in [0.1, 0.15) is 50.1 Å². The van der Waals surface area contributed by atoms with Gasteiger partial charge in [0.2, 0.25) is 11.8 Å². The van der Waals surface area contributed by atoms with Crippen molar-refractivity contribution in [2.45, 2.75) is 50.6 Å². The van der Waals surface area contributed by atoms with Crippen molar-refractivity contribution in [2.75, 3.05) is 33.3 Å². The molecule has 7 heteroatoms. The number of carbonyl (C=O) groups excluding carboxylic acids is 2. The molecule has 1 aromatic carbocycles. The molecule has 0 heterocycles. The Labute approximate surface area is 172 Å². The van der Waals surface area contributed by atoms with Gasteiger partial charge in [-0.15, -0.1) is 11.6 Å². The zero-order valence-corrected chi connectivity index (χ0v) is 17.5. The van der Waals surface area contributed by atoms with Crippen molar-refractivity contribution in [1.29, 1.82) is 0 Å². The van der Waals surface area contributed by atoms with Crippen molar-refractivity contribution >= 4 is 23.4 Å². The first-order valence-electron chi connectivity index (χ1n) is 9.89. The lowest BCUT2D eigenvalue weighted by Crippen LogP contribution is -2.47. The number of nitrogens with zero attached hydrogens (tertiary/aromatic N) is 1. The molecule has 1 aliphatic carbocycles. The maximum atomic E-state index is 13.3. The standard InChI is InChI=1S/C21H31ClN2O4/c1-27-14-6-13-24(19(25)15-22)20(16-9-11-18(28-2)12-10-16)21(26)23-17-7-4-3-5-8-17/h9-12,17,20H,3-8,13-15H2,1-2H3,(H,23,26)/t20-/m1/s1. The van der Waals surface area contributed by atoms with Crippen molar-refractivity contribution < 1.29 is 19.1 Å². The van der Waals surface area contributed by atoms with Gasteiger partial charge in [-0.05, 0) is 37.0 Å². The maximum absolute atomic E-state index is 13.3. The van der Waals surface area contributed by atoms with Crippen LogP contribution < -0.4 is 10.1 Å². The summed E-state index contributed by atoms with van der Waals surface area (Å²) in [6.45, 7) is 0.903. The maximum Gasteiger partial charge on any atom is 0.247 e.